The maximum Gasteiger partial charge on any atom is 0.309 e. The molecule has 0 aromatic heterocycles. The van der Waals surface area contributed by atoms with Gasteiger partial charge in [0.15, 0.2) is 0 Å². The molecule has 9 heteroatoms. The first-order valence-electron chi connectivity index (χ1n) is 8.98. The van der Waals surface area contributed by atoms with Crippen LogP contribution in [0.25, 0.3) is 0 Å². The summed E-state index contributed by atoms with van der Waals surface area (Å²) in [6.07, 6.45) is -0.295. The van der Waals surface area contributed by atoms with Crippen molar-refractivity contribution in [1.82, 2.24) is 14.9 Å². The zero-order valence-corrected chi connectivity index (χ0v) is 16.7. The van der Waals surface area contributed by atoms with Crippen LogP contribution in [0.1, 0.15) is 25.8 Å². The van der Waals surface area contributed by atoms with Crippen LogP contribution in [0.2, 0.25) is 0 Å². The molecule has 0 aliphatic carbocycles. The van der Waals surface area contributed by atoms with Crippen molar-refractivity contribution in [3.05, 3.63) is 29.8 Å². The van der Waals surface area contributed by atoms with Crippen LogP contribution in [-0.4, -0.2) is 57.0 Å². The maximum atomic E-state index is 12.9. The van der Waals surface area contributed by atoms with Gasteiger partial charge < -0.3 is 15.4 Å². The predicted octanol–water partition coefficient (Wildman–Crippen LogP) is 0.621. The number of amides is 2. The topological polar surface area (TPSA) is 105 Å². The average Bonchev–Trinajstić information content (AvgIpc) is 2.64. The number of benzene rings is 1. The molecule has 0 radical (unpaired) electrons. The van der Waals surface area contributed by atoms with Gasteiger partial charge in [0.25, 0.3) is 0 Å². The highest BCUT2D eigenvalue weighted by Crippen LogP contribution is 2.22. The molecule has 1 aliphatic rings. The smallest absolute Gasteiger partial charge is 0.309 e. The van der Waals surface area contributed by atoms with Crippen molar-refractivity contribution in [2.75, 3.05) is 26.2 Å². The first-order valence-corrected chi connectivity index (χ1v) is 10.4. The number of nitrogens with one attached hydrogen (secondary N) is 2. The molecule has 1 aliphatic heterocycles. The van der Waals surface area contributed by atoms with E-state index in [0.29, 0.717) is 19.6 Å². The minimum Gasteiger partial charge on any atom is -0.360 e. The van der Waals surface area contributed by atoms with Crippen molar-refractivity contribution in [3.63, 3.8) is 0 Å². The number of aryl methyl sites for hydroxylation is 1. The number of ether oxygens (including phenoxy) is 1. The van der Waals surface area contributed by atoms with Crippen molar-refractivity contribution in [2.45, 2.75) is 38.3 Å². The summed E-state index contributed by atoms with van der Waals surface area (Å²) >= 11 is 0. The molecule has 8 nitrogen and oxygen atoms in total. The van der Waals surface area contributed by atoms with E-state index >= 15 is 0 Å². The zero-order valence-electron chi connectivity index (χ0n) is 15.9. The third kappa shape index (κ3) is 5.75. The van der Waals surface area contributed by atoms with Crippen molar-refractivity contribution in [3.8, 4) is 0 Å². The quantitative estimate of drug-likeness (QED) is 0.685. The molecule has 1 saturated heterocycles. The number of sulfonamides is 1. The van der Waals surface area contributed by atoms with Crippen LogP contribution in [0, 0.1) is 12.8 Å². The molecule has 1 atom stereocenters. The van der Waals surface area contributed by atoms with Gasteiger partial charge in [-0.25, -0.2) is 8.42 Å². The highest BCUT2D eigenvalue weighted by Gasteiger charge is 2.34. The van der Waals surface area contributed by atoms with Crippen LogP contribution in [-0.2, 0) is 24.3 Å². The lowest BCUT2D eigenvalue weighted by Gasteiger charge is -2.34. The molecule has 1 heterocycles. The number of rotatable bonds is 6. The van der Waals surface area contributed by atoms with E-state index in [1.54, 1.807) is 24.3 Å². The minimum absolute atomic E-state index is 0.0982. The van der Waals surface area contributed by atoms with Crippen LogP contribution in [0.15, 0.2) is 29.2 Å². The molecule has 27 heavy (non-hydrogen) atoms. The van der Waals surface area contributed by atoms with Gasteiger partial charge in [0.2, 0.25) is 10.0 Å². The molecule has 0 spiro atoms. The molecular weight excluding hydrogens is 370 g/mol. The van der Waals surface area contributed by atoms with E-state index in [9.17, 15) is 18.0 Å². The Morgan fingerprint density at radius 3 is 2.44 bits per heavy atom. The molecule has 1 aromatic carbocycles. The Balaban J connectivity index is 2.03. The molecule has 0 saturated carbocycles. The van der Waals surface area contributed by atoms with Crippen LogP contribution in [0.4, 0.5) is 0 Å². The van der Waals surface area contributed by atoms with Gasteiger partial charge in [0.1, 0.15) is 6.23 Å². The lowest BCUT2D eigenvalue weighted by atomic mass is 10.2. The number of hydrogen-bond donors (Lipinski definition) is 2. The van der Waals surface area contributed by atoms with Gasteiger partial charge in [0, 0.05) is 13.1 Å². The number of carbonyl (C=O) groups excluding carboxylic acids is 2. The zero-order chi connectivity index (χ0) is 20.0. The van der Waals surface area contributed by atoms with Gasteiger partial charge in [-0.2, -0.15) is 4.31 Å². The third-order valence-electron chi connectivity index (χ3n) is 4.10. The molecule has 150 valence electrons. The summed E-state index contributed by atoms with van der Waals surface area (Å²) in [6, 6.07) is 6.56. The van der Waals surface area contributed by atoms with Crippen molar-refractivity contribution in [1.29, 1.82) is 0 Å². The van der Waals surface area contributed by atoms with Crippen LogP contribution in [0.5, 0.6) is 0 Å². The molecule has 1 fully saturated rings. The highest BCUT2D eigenvalue weighted by atomic mass is 32.2. The highest BCUT2D eigenvalue weighted by molar-refractivity contribution is 7.89. The van der Waals surface area contributed by atoms with Gasteiger partial charge in [-0.1, -0.05) is 31.5 Å². The lowest BCUT2D eigenvalue weighted by molar-refractivity contribution is -0.140. The fourth-order valence-electron chi connectivity index (χ4n) is 2.59. The van der Waals surface area contributed by atoms with E-state index in [1.165, 1.54) is 4.31 Å². The largest absolute Gasteiger partial charge is 0.360 e. The molecule has 2 amide bonds. The van der Waals surface area contributed by atoms with Crippen molar-refractivity contribution in [2.24, 2.45) is 5.92 Å². The van der Waals surface area contributed by atoms with Crippen LogP contribution >= 0.6 is 0 Å². The molecule has 1 aromatic rings. The lowest BCUT2D eigenvalue weighted by Crippen LogP contribution is -2.53. The fourth-order valence-corrected chi connectivity index (χ4v) is 4.15. The molecule has 2 N–H and O–H groups in total. The molecule has 2 rings (SSSR count). The van der Waals surface area contributed by atoms with E-state index in [0.717, 1.165) is 5.56 Å². The molecular formula is C18H27N3O5S. The first-order chi connectivity index (χ1) is 12.7. The standard InChI is InChI=1S/C18H27N3O5S/c1-13(2)11-19-17(22)18(23)20-12-16-21(9-4-10-26-16)27(24,25)15-7-5-14(3)6-8-15/h5-8,13,16H,4,9-12H2,1-3H3,(H,19,22)(H,20,23)/t16-/m1/s1. The maximum absolute atomic E-state index is 12.9. The molecule has 0 bridgehead atoms. The first kappa shape index (κ1) is 21.3. The Hall–Kier alpha value is -1.97. The second kappa shape index (κ2) is 9.29. The summed E-state index contributed by atoms with van der Waals surface area (Å²) in [5.41, 5.74) is 0.958. The number of nitrogens with zero attached hydrogens (tertiary/aromatic N) is 1. The van der Waals surface area contributed by atoms with Crippen molar-refractivity contribution < 1.29 is 22.7 Å². The molecule has 0 unspecified atom stereocenters. The van der Waals surface area contributed by atoms with Crippen LogP contribution < -0.4 is 10.6 Å². The van der Waals surface area contributed by atoms with E-state index in [1.807, 2.05) is 20.8 Å². The Labute approximate surface area is 160 Å². The Bertz CT molecular complexity index is 762. The Kier molecular flexibility index (Phi) is 7.34. The predicted molar refractivity (Wildman–Crippen MR) is 100 cm³/mol. The summed E-state index contributed by atoms with van der Waals surface area (Å²) in [4.78, 5) is 23.8. The normalized spacial score (nSPS) is 18.3. The van der Waals surface area contributed by atoms with Gasteiger partial charge >= 0.3 is 11.8 Å². The summed E-state index contributed by atoms with van der Waals surface area (Å²) < 4.78 is 32.6. The number of carbonyl (C=O) groups is 2. The van der Waals surface area contributed by atoms with E-state index < -0.39 is 28.1 Å². The van der Waals surface area contributed by atoms with Gasteiger partial charge in [0.05, 0.1) is 18.0 Å². The summed E-state index contributed by atoms with van der Waals surface area (Å²) in [6.45, 7) is 6.68. The van der Waals surface area contributed by atoms with E-state index in [4.69, 9.17) is 4.74 Å². The van der Waals surface area contributed by atoms with E-state index in [-0.39, 0.29) is 23.9 Å². The number of hydrogen-bond acceptors (Lipinski definition) is 5. The van der Waals surface area contributed by atoms with Gasteiger partial charge in [-0.15, -0.1) is 0 Å². The second-order valence-electron chi connectivity index (χ2n) is 6.92. The Morgan fingerprint density at radius 2 is 1.81 bits per heavy atom. The van der Waals surface area contributed by atoms with Gasteiger partial charge in [-0.3, -0.25) is 9.59 Å². The monoisotopic (exact) mass is 397 g/mol. The van der Waals surface area contributed by atoms with Crippen LogP contribution in [0.3, 0.4) is 0 Å². The van der Waals surface area contributed by atoms with E-state index in [2.05, 4.69) is 10.6 Å². The van der Waals surface area contributed by atoms with Gasteiger partial charge in [-0.05, 0) is 31.4 Å². The second-order valence-corrected chi connectivity index (χ2v) is 8.81. The fraction of sp³-hybridized carbons (Fsp3) is 0.556. The average molecular weight is 397 g/mol. The SMILES string of the molecule is Cc1ccc(S(=O)(=O)N2CCCO[C@@H]2CNC(=O)C(=O)NCC(C)C)cc1. The summed E-state index contributed by atoms with van der Waals surface area (Å²) in [5, 5.41) is 4.97. The Morgan fingerprint density at radius 1 is 1.19 bits per heavy atom. The third-order valence-corrected chi connectivity index (χ3v) is 6.00. The minimum atomic E-state index is -3.76. The summed E-state index contributed by atoms with van der Waals surface area (Å²) in [7, 11) is -3.76. The van der Waals surface area contributed by atoms with Crippen molar-refractivity contribution >= 4 is 21.8 Å². The summed E-state index contributed by atoms with van der Waals surface area (Å²) in [5.74, 6) is -1.33.